The number of aryl methyl sites for hydroxylation is 1. The maximum atomic E-state index is 4.41. The van der Waals surface area contributed by atoms with Gasteiger partial charge in [0.2, 0.25) is 0 Å². The first-order valence-electron chi connectivity index (χ1n) is 6.45. The summed E-state index contributed by atoms with van der Waals surface area (Å²) in [5.41, 5.74) is 2.80. The van der Waals surface area contributed by atoms with Gasteiger partial charge in [0, 0.05) is 16.4 Å². The Morgan fingerprint density at radius 1 is 1.17 bits per heavy atom. The summed E-state index contributed by atoms with van der Waals surface area (Å²) in [7, 11) is 0. The van der Waals surface area contributed by atoms with Crippen LogP contribution in [-0.2, 0) is 6.42 Å². The smallest absolute Gasteiger partial charge is 0.0704 e. The third-order valence-corrected chi connectivity index (χ3v) is 5.17. The molecule has 0 aliphatic rings. The van der Waals surface area contributed by atoms with E-state index < -0.39 is 0 Å². The minimum absolute atomic E-state index is 0.308. The number of aromatic nitrogens is 1. The first kappa shape index (κ1) is 13.5. The number of rotatable bonds is 3. The number of halogens is 1. The van der Waals surface area contributed by atoms with Gasteiger partial charge in [-0.15, -0.1) is 0 Å². The molecule has 0 saturated heterocycles. The van der Waals surface area contributed by atoms with Crippen LogP contribution in [0.2, 0.25) is 0 Å². The Morgan fingerprint density at radius 3 is 2.67 bits per heavy atom. The SMILES string of the molecule is CC(C)(C)C(Br)CCc1cccc2ncccc12. The second-order valence-corrected chi connectivity index (χ2v) is 6.96. The molecule has 0 N–H and O–H groups in total. The zero-order valence-electron chi connectivity index (χ0n) is 11.3. The standard InChI is InChI=1S/C16H20BrN/c1-16(2,3)15(17)10-9-12-6-4-8-14-13(12)7-5-11-18-14/h4-8,11,15H,9-10H2,1-3H3. The summed E-state index contributed by atoms with van der Waals surface area (Å²) in [5.74, 6) is 0. The fraction of sp³-hybridized carbons (Fsp3) is 0.438. The van der Waals surface area contributed by atoms with Crippen LogP contribution in [0.25, 0.3) is 10.9 Å². The highest BCUT2D eigenvalue weighted by atomic mass is 79.9. The molecule has 1 aromatic heterocycles. The number of hydrogen-bond donors (Lipinski definition) is 0. The van der Waals surface area contributed by atoms with Crippen LogP contribution in [0.15, 0.2) is 36.5 Å². The van der Waals surface area contributed by atoms with Crippen molar-refractivity contribution in [3.8, 4) is 0 Å². The van der Waals surface area contributed by atoms with E-state index >= 15 is 0 Å². The molecule has 96 valence electrons. The first-order valence-corrected chi connectivity index (χ1v) is 7.37. The van der Waals surface area contributed by atoms with Crippen molar-refractivity contribution in [2.45, 2.75) is 38.4 Å². The average Bonchev–Trinajstić information content (AvgIpc) is 2.34. The molecule has 1 unspecified atom stereocenters. The third-order valence-electron chi connectivity index (χ3n) is 3.34. The Hall–Kier alpha value is -0.890. The lowest BCUT2D eigenvalue weighted by molar-refractivity contribution is 0.386. The summed E-state index contributed by atoms with van der Waals surface area (Å²) in [4.78, 5) is 4.94. The van der Waals surface area contributed by atoms with Crippen molar-refractivity contribution in [3.63, 3.8) is 0 Å². The molecule has 0 saturated carbocycles. The summed E-state index contributed by atoms with van der Waals surface area (Å²) in [6.07, 6.45) is 4.10. The molecule has 2 aromatic rings. The van der Waals surface area contributed by atoms with Crippen LogP contribution >= 0.6 is 15.9 Å². The predicted octanol–water partition coefficient (Wildman–Crippen LogP) is 4.98. The molecule has 2 rings (SSSR count). The van der Waals surface area contributed by atoms with Crippen molar-refractivity contribution >= 4 is 26.8 Å². The molecule has 0 aliphatic heterocycles. The van der Waals surface area contributed by atoms with Crippen LogP contribution in [0, 0.1) is 5.41 Å². The van der Waals surface area contributed by atoms with Crippen LogP contribution in [0.1, 0.15) is 32.8 Å². The van der Waals surface area contributed by atoms with Crippen LogP contribution in [-0.4, -0.2) is 9.81 Å². The maximum absolute atomic E-state index is 4.41. The van der Waals surface area contributed by atoms with Gasteiger partial charge >= 0.3 is 0 Å². The highest BCUT2D eigenvalue weighted by Gasteiger charge is 2.21. The molecule has 1 aromatic carbocycles. The number of nitrogens with zero attached hydrogens (tertiary/aromatic N) is 1. The Balaban J connectivity index is 2.18. The Labute approximate surface area is 118 Å². The number of pyridine rings is 1. The molecule has 0 fully saturated rings. The Kier molecular flexibility index (Phi) is 4.06. The van der Waals surface area contributed by atoms with E-state index in [4.69, 9.17) is 0 Å². The van der Waals surface area contributed by atoms with E-state index in [9.17, 15) is 0 Å². The van der Waals surface area contributed by atoms with Crippen molar-refractivity contribution in [3.05, 3.63) is 42.1 Å². The second-order valence-electron chi connectivity index (χ2n) is 5.86. The normalized spacial score (nSPS) is 13.8. The molecular formula is C16H20BrN. The van der Waals surface area contributed by atoms with Crippen molar-refractivity contribution < 1.29 is 0 Å². The molecule has 0 aliphatic carbocycles. The van der Waals surface area contributed by atoms with Crippen molar-refractivity contribution in [2.24, 2.45) is 5.41 Å². The van der Waals surface area contributed by atoms with Gasteiger partial charge in [0.25, 0.3) is 0 Å². The fourth-order valence-electron chi connectivity index (χ4n) is 2.10. The lowest BCUT2D eigenvalue weighted by Gasteiger charge is -2.25. The van der Waals surface area contributed by atoms with Gasteiger partial charge in [-0.25, -0.2) is 0 Å². The van der Waals surface area contributed by atoms with E-state index in [1.165, 1.54) is 10.9 Å². The van der Waals surface area contributed by atoms with Gasteiger partial charge in [-0.3, -0.25) is 4.98 Å². The highest BCUT2D eigenvalue weighted by Crippen LogP contribution is 2.30. The van der Waals surface area contributed by atoms with Crippen molar-refractivity contribution in [1.29, 1.82) is 0 Å². The lowest BCUT2D eigenvalue weighted by atomic mass is 9.88. The monoisotopic (exact) mass is 305 g/mol. The second kappa shape index (κ2) is 5.40. The molecule has 2 heteroatoms. The van der Waals surface area contributed by atoms with Gasteiger partial charge < -0.3 is 0 Å². The molecular weight excluding hydrogens is 286 g/mol. The predicted molar refractivity (Wildman–Crippen MR) is 82.2 cm³/mol. The zero-order valence-corrected chi connectivity index (χ0v) is 12.9. The molecule has 0 amide bonds. The highest BCUT2D eigenvalue weighted by molar-refractivity contribution is 9.09. The van der Waals surface area contributed by atoms with Crippen LogP contribution in [0.5, 0.6) is 0 Å². The molecule has 1 nitrogen and oxygen atoms in total. The minimum atomic E-state index is 0.308. The number of benzene rings is 1. The van der Waals surface area contributed by atoms with Gasteiger partial charge in [-0.2, -0.15) is 0 Å². The number of hydrogen-bond acceptors (Lipinski definition) is 1. The number of alkyl halides is 1. The average molecular weight is 306 g/mol. The zero-order chi connectivity index (χ0) is 13.2. The molecule has 0 bridgehead atoms. The van der Waals surface area contributed by atoms with E-state index in [0.29, 0.717) is 10.2 Å². The summed E-state index contributed by atoms with van der Waals surface area (Å²) >= 11 is 3.80. The number of fused-ring (bicyclic) bond motifs is 1. The van der Waals surface area contributed by atoms with Crippen LogP contribution in [0.4, 0.5) is 0 Å². The summed E-state index contributed by atoms with van der Waals surface area (Å²) in [6.45, 7) is 6.82. The largest absolute Gasteiger partial charge is 0.256 e. The molecule has 18 heavy (non-hydrogen) atoms. The quantitative estimate of drug-likeness (QED) is 0.729. The molecule has 1 atom stereocenters. The maximum Gasteiger partial charge on any atom is 0.0704 e. The fourth-order valence-corrected chi connectivity index (χ4v) is 2.33. The van der Waals surface area contributed by atoms with Gasteiger partial charge in [-0.05, 0) is 36.0 Å². The van der Waals surface area contributed by atoms with Gasteiger partial charge in [0.15, 0.2) is 0 Å². The summed E-state index contributed by atoms with van der Waals surface area (Å²) in [6, 6.07) is 10.6. The van der Waals surface area contributed by atoms with Crippen molar-refractivity contribution in [1.82, 2.24) is 4.98 Å². The third kappa shape index (κ3) is 3.11. The molecule has 0 spiro atoms. The van der Waals surface area contributed by atoms with E-state index in [1.807, 2.05) is 12.3 Å². The van der Waals surface area contributed by atoms with E-state index in [-0.39, 0.29) is 0 Å². The topological polar surface area (TPSA) is 12.9 Å². The van der Waals surface area contributed by atoms with Gasteiger partial charge in [0.1, 0.15) is 0 Å². The van der Waals surface area contributed by atoms with E-state index in [2.05, 4.69) is 66.0 Å². The molecule has 0 radical (unpaired) electrons. The van der Waals surface area contributed by atoms with Crippen LogP contribution in [0.3, 0.4) is 0 Å². The van der Waals surface area contributed by atoms with Crippen molar-refractivity contribution in [2.75, 3.05) is 0 Å². The van der Waals surface area contributed by atoms with Gasteiger partial charge in [-0.1, -0.05) is 54.9 Å². The Bertz CT molecular complexity index is 523. The summed E-state index contributed by atoms with van der Waals surface area (Å²) in [5, 5.41) is 1.29. The first-order chi connectivity index (χ1) is 8.48. The summed E-state index contributed by atoms with van der Waals surface area (Å²) < 4.78 is 0. The lowest BCUT2D eigenvalue weighted by Crippen LogP contribution is -2.20. The van der Waals surface area contributed by atoms with Gasteiger partial charge in [0.05, 0.1) is 5.52 Å². The van der Waals surface area contributed by atoms with E-state index in [0.717, 1.165) is 18.4 Å². The molecule has 1 heterocycles. The Morgan fingerprint density at radius 2 is 1.94 bits per heavy atom. The van der Waals surface area contributed by atoms with Crippen LogP contribution < -0.4 is 0 Å². The minimum Gasteiger partial charge on any atom is -0.256 e. The van der Waals surface area contributed by atoms with E-state index in [1.54, 1.807) is 0 Å².